The van der Waals surface area contributed by atoms with E-state index in [0.717, 1.165) is 50.9 Å². The van der Waals surface area contributed by atoms with Gasteiger partial charge in [-0.05, 0) is 61.8 Å². The summed E-state index contributed by atoms with van der Waals surface area (Å²) in [5.41, 5.74) is 2.16. The Bertz CT molecular complexity index is 777. The number of pyridine rings is 1. The van der Waals surface area contributed by atoms with Gasteiger partial charge in [0, 0.05) is 77.3 Å². The van der Waals surface area contributed by atoms with Crippen LogP contribution in [0, 0.1) is 11.8 Å². The van der Waals surface area contributed by atoms with Gasteiger partial charge in [0.2, 0.25) is 5.91 Å². The highest BCUT2D eigenvalue weighted by atomic mass is 16.2. The molecule has 2 aliphatic rings. The number of amides is 1. The second-order valence-electron chi connectivity index (χ2n) is 9.50. The predicted molar refractivity (Wildman–Crippen MR) is 123 cm³/mol. The number of aromatic nitrogens is 1. The molecule has 0 radical (unpaired) electrons. The van der Waals surface area contributed by atoms with Crippen LogP contribution in [0.15, 0.2) is 36.3 Å². The van der Waals surface area contributed by atoms with E-state index < -0.39 is 0 Å². The van der Waals surface area contributed by atoms with E-state index in [1.54, 1.807) is 12.4 Å². The van der Waals surface area contributed by atoms with Crippen LogP contribution < -0.4 is 0 Å². The molecule has 0 bridgehead atoms. The first kappa shape index (κ1) is 23.5. The maximum atomic E-state index is 12.9. The van der Waals surface area contributed by atoms with Crippen molar-refractivity contribution < 1.29 is 9.59 Å². The minimum absolute atomic E-state index is 0.212. The molecular weight excluding hydrogens is 388 g/mol. The minimum atomic E-state index is 0.212. The van der Waals surface area contributed by atoms with Crippen LogP contribution >= 0.6 is 0 Å². The van der Waals surface area contributed by atoms with Gasteiger partial charge in [-0.1, -0.05) is 6.92 Å². The van der Waals surface area contributed by atoms with Gasteiger partial charge in [0.15, 0.2) is 5.78 Å². The topological polar surface area (TPSA) is 56.8 Å². The van der Waals surface area contributed by atoms with Crippen molar-refractivity contribution in [3.63, 3.8) is 0 Å². The second kappa shape index (κ2) is 10.9. The summed E-state index contributed by atoms with van der Waals surface area (Å²) in [7, 11) is 5.86. The molecule has 1 saturated carbocycles. The third-order valence-corrected chi connectivity index (χ3v) is 6.68. The van der Waals surface area contributed by atoms with Gasteiger partial charge < -0.3 is 9.80 Å². The molecule has 3 rings (SSSR count). The van der Waals surface area contributed by atoms with E-state index in [1.807, 2.05) is 49.3 Å². The Kier molecular flexibility index (Phi) is 8.24. The molecule has 0 unspecified atom stereocenters. The lowest BCUT2D eigenvalue weighted by atomic mass is 9.72. The van der Waals surface area contributed by atoms with E-state index in [-0.39, 0.29) is 11.7 Å². The first-order valence-corrected chi connectivity index (χ1v) is 11.6. The molecule has 1 aliphatic carbocycles. The number of piperidine rings is 1. The van der Waals surface area contributed by atoms with Crippen LogP contribution in [0.3, 0.4) is 0 Å². The zero-order valence-corrected chi connectivity index (χ0v) is 19.6. The largest absolute Gasteiger partial charge is 0.383 e. The van der Waals surface area contributed by atoms with Crippen LogP contribution in [0.4, 0.5) is 0 Å². The number of hydrogen-bond donors (Lipinski definition) is 0. The highest BCUT2D eigenvalue weighted by molar-refractivity contribution is 5.96. The van der Waals surface area contributed by atoms with Gasteiger partial charge in [0.1, 0.15) is 0 Å². The maximum Gasteiger partial charge on any atom is 0.222 e. The van der Waals surface area contributed by atoms with Crippen molar-refractivity contribution in [3.05, 3.63) is 41.9 Å². The fourth-order valence-corrected chi connectivity index (χ4v) is 5.15. The number of Topliss-reactive ketones (excluding diaryl/α,β-unsaturated/α-hetero) is 1. The quantitative estimate of drug-likeness (QED) is 0.598. The number of likely N-dealkylation sites (N-methyl/N-ethyl adjacent to an activating group) is 1. The average molecular weight is 427 g/mol. The van der Waals surface area contributed by atoms with E-state index in [9.17, 15) is 9.59 Å². The Labute approximate surface area is 187 Å². The van der Waals surface area contributed by atoms with Crippen molar-refractivity contribution in [2.75, 3.05) is 40.8 Å². The van der Waals surface area contributed by atoms with Crippen LogP contribution in [-0.4, -0.2) is 78.2 Å². The number of carbonyl (C=O) groups excluding carboxylic acids is 2. The summed E-state index contributed by atoms with van der Waals surface area (Å²) in [6, 6.07) is 4.43. The lowest BCUT2D eigenvalue weighted by Gasteiger charge is -2.47. The molecule has 0 N–H and O–H groups in total. The Balaban J connectivity index is 1.59. The SMILES string of the molecule is CCCN1C[C@@H](CC(=O)N(C)CCc2ccncc2)C[C@@H]2CC(=O)C(=CN(C)C)C[C@H]21. The number of hydrogen-bond acceptors (Lipinski definition) is 5. The monoisotopic (exact) mass is 426 g/mol. The van der Waals surface area contributed by atoms with Gasteiger partial charge in [0.05, 0.1) is 0 Å². The molecule has 0 spiro atoms. The lowest BCUT2D eigenvalue weighted by molar-refractivity contribution is -0.132. The Morgan fingerprint density at radius 3 is 2.65 bits per heavy atom. The number of fused-ring (bicyclic) bond motifs is 1. The Hall–Kier alpha value is -2.21. The average Bonchev–Trinajstić information content (AvgIpc) is 2.73. The number of carbonyl (C=O) groups is 2. The number of nitrogens with zero attached hydrogens (tertiary/aromatic N) is 4. The van der Waals surface area contributed by atoms with Crippen molar-refractivity contribution in [1.29, 1.82) is 0 Å². The zero-order valence-electron chi connectivity index (χ0n) is 19.6. The summed E-state index contributed by atoms with van der Waals surface area (Å²) in [5, 5.41) is 0. The van der Waals surface area contributed by atoms with E-state index in [1.165, 1.54) is 5.56 Å². The van der Waals surface area contributed by atoms with Crippen molar-refractivity contribution in [1.82, 2.24) is 19.7 Å². The van der Waals surface area contributed by atoms with Gasteiger partial charge in [-0.15, -0.1) is 0 Å². The summed E-state index contributed by atoms with van der Waals surface area (Å²) >= 11 is 0. The minimum Gasteiger partial charge on any atom is -0.383 e. The van der Waals surface area contributed by atoms with Crippen molar-refractivity contribution in [2.45, 2.75) is 51.5 Å². The van der Waals surface area contributed by atoms with Crippen molar-refractivity contribution >= 4 is 11.7 Å². The number of ketones is 1. The first-order valence-electron chi connectivity index (χ1n) is 11.6. The third-order valence-electron chi connectivity index (χ3n) is 6.68. The lowest BCUT2D eigenvalue weighted by Crippen LogP contribution is -2.52. The third kappa shape index (κ3) is 6.39. The van der Waals surface area contributed by atoms with Gasteiger partial charge in [-0.3, -0.25) is 19.5 Å². The fraction of sp³-hybridized carbons (Fsp3) is 0.640. The predicted octanol–water partition coefficient (Wildman–Crippen LogP) is 3.00. The molecule has 1 aromatic heterocycles. The fourth-order valence-electron chi connectivity index (χ4n) is 5.15. The number of likely N-dealkylation sites (tertiary alicyclic amines) is 1. The second-order valence-corrected chi connectivity index (χ2v) is 9.50. The number of rotatable bonds is 8. The summed E-state index contributed by atoms with van der Waals surface area (Å²) < 4.78 is 0. The summed E-state index contributed by atoms with van der Waals surface area (Å²) in [4.78, 5) is 36.1. The highest BCUT2D eigenvalue weighted by Crippen LogP contribution is 2.39. The van der Waals surface area contributed by atoms with Crippen LogP contribution in [0.1, 0.15) is 44.6 Å². The van der Waals surface area contributed by atoms with Crippen molar-refractivity contribution in [2.24, 2.45) is 11.8 Å². The highest BCUT2D eigenvalue weighted by Gasteiger charge is 2.41. The molecule has 0 aromatic carbocycles. The Morgan fingerprint density at radius 1 is 1.23 bits per heavy atom. The smallest absolute Gasteiger partial charge is 0.222 e. The molecule has 6 heteroatoms. The molecular formula is C25H38N4O2. The zero-order chi connectivity index (χ0) is 22.4. The molecule has 3 atom stereocenters. The van der Waals surface area contributed by atoms with E-state index >= 15 is 0 Å². The molecule has 1 aromatic rings. The van der Waals surface area contributed by atoms with E-state index in [0.29, 0.717) is 30.7 Å². The van der Waals surface area contributed by atoms with Crippen LogP contribution in [0.2, 0.25) is 0 Å². The maximum absolute atomic E-state index is 12.9. The molecule has 2 fully saturated rings. The van der Waals surface area contributed by atoms with Gasteiger partial charge in [-0.2, -0.15) is 0 Å². The Morgan fingerprint density at radius 2 is 1.97 bits per heavy atom. The first-order chi connectivity index (χ1) is 14.9. The molecule has 1 aliphatic heterocycles. The normalized spacial score (nSPS) is 25.4. The molecule has 170 valence electrons. The van der Waals surface area contributed by atoms with Gasteiger partial charge in [-0.25, -0.2) is 0 Å². The molecule has 1 saturated heterocycles. The summed E-state index contributed by atoms with van der Waals surface area (Å²) in [5.74, 6) is 1.19. The molecule has 1 amide bonds. The molecule has 2 heterocycles. The summed E-state index contributed by atoms with van der Waals surface area (Å²) in [6.45, 7) is 4.92. The molecule has 6 nitrogen and oxygen atoms in total. The van der Waals surface area contributed by atoms with Gasteiger partial charge >= 0.3 is 0 Å². The van der Waals surface area contributed by atoms with E-state index in [2.05, 4.69) is 16.8 Å². The van der Waals surface area contributed by atoms with Crippen LogP contribution in [0.5, 0.6) is 0 Å². The van der Waals surface area contributed by atoms with Crippen LogP contribution in [0.25, 0.3) is 0 Å². The van der Waals surface area contributed by atoms with Crippen LogP contribution in [-0.2, 0) is 16.0 Å². The van der Waals surface area contributed by atoms with Crippen molar-refractivity contribution in [3.8, 4) is 0 Å². The standard InChI is InChI=1S/C25H38N4O2/c1-5-11-29-17-20(13-21-16-24(30)22(15-23(21)29)18-27(2)3)14-25(31)28(4)12-8-19-6-9-26-10-7-19/h6-7,9-10,18,20-21,23H,5,8,11-17H2,1-4H3/t20-,21-,23-/m1/s1. The molecule has 31 heavy (non-hydrogen) atoms. The van der Waals surface area contributed by atoms with E-state index in [4.69, 9.17) is 0 Å². The van der Waals surface area contributed by atoms with Gasteiger partial charge in [0.25, 0.3) is 0 Å². The summed E-state index contributed by atoms with van der Waals surface area (Å²) in [6.07, 6.45) is 10.5.